The lowest BCUT2D eigenvalue weighted by molar-refractivity contribution is 0.199. The van der Waals surface area contributed by atoms with Gasteiger partial charge in [0.2, 0.25) is 0 Å². The van der Waals surface area contributed by atoms with Crippen molar-refractivity contribution in [3.05, 3.63) is 44.2 Å². The van der Waals surface area contributed by atoms with Gasteiger partial charge in [0, 0.05) is 16.2 Å². The molecule has 5 heteroatoms. The first kappa shape index (κ1) is 12.1. The van der Waals surface area contributed by atoms with E-state index in [1.54, 1.807) is 17.8 Å². The summed E-state index contributed by atoms with van der Waals surface area (Å²) in [5.41, 5.74) is 1.76. The molecule has 1 aromatic heterocycles. The molecule has 2 aromatic rings. The van der Waals surface area contributed by atoms with Gasteiger partial charge in [-0.1, -0.05) is 15.9 Å². The van der Waals surface area contributed by atoms with Crippen LogP contribution in [0.2, 0.25) is 0 Å². The molecule has 0 aliphatic rings. The molecule has 1 aromatic carbocycles. The lowest BCUT2D eigenvalue weighted by Crippen LogP contribution is -2.02. The summed E-state index contributed by atoms with van der Waals surface area (Å²) >= 11 is 5.61. The normalized spacial score (nSPS) is 12.8. The first-order chi connectivity index (χ1) is 7.58. The average molecular weight is 393 g/mol. The second kappa shape index (κ2) is 4.85. The quantitative estimate of drug-likeness (QED) is 0.796. The zero-order valence-electron chi connectivity index (χ0n) is 8.56. The molecule has 2 rings (SSSR count). The molecule has 16 heavy (non-hydrogen) atoms. The fraction of sp³-hybridized carbons (Fsp3) is 0.182. The number of halogens is 2. The van der Waals surface area contributed by atoms with Gasteiger partial charge in [-0.3, -0.25) is 0 Å². The Bertz CT molecular complexity index is 510. The summed E-state index contributed by atoms with van der Waals surface area (Å²) in [6.07, 6.45) is 3.19. The van der Waals surface area contributed by atoms with Crippen LogP contribution in [0.3, 0.4) is 0 Å². The lowest BCUT2D eigenvalue weighted by atomic mass is 10.1. The Labute approximate surface area is 116 Å². The van der Waals surface area contributed by atoms with Crippen molar-refractivity contribution < 1.29 is 5.11 Å². The standard InChI is InChI=1S/C11H10BrIN2O/c1-7(16)10-4-8(12)2-3-11(10)15-6-9(13)5-14-15/h2-7,16H,1H3. The molecule has 0 bridgehead atoms. The van der Waals surface area contributed by atoms with Crippen molar-refractivity contribution in [3.63, 3.8) is 0 Å². The van der Waals surface area contributed by atoms with E-state index >= 15 is 0 Å². The third-order valence-corrected chi connectivity index (χ3v) is 3.29. The summed E-state index contributed by atoms with van der Waals surface area (Å²) in [5.74, 6) is 0. The molecule has 3 nitrogen and oxygen atoms in total. The van der Waals surface area contributed by atoms with Crippen LogP contribution in [0.5, 0.6) is 0 Å². The van der Waals surface area contributed by atoms with E-state index < -0.39 is 6.10 Å². The second-order valence-corrected chi connectivity index (χ2v) is 5.64. The third kappa shape index (κ3) is 2.46. The Morgan fingerprint density at radius 2 is 2.25 bits per heavy atom. The zero-order valence-corrected chi connectivity index (χ0v) is 12.3. The molecule has 1 N–H and O–H groups in total. The van der Waals surface area contributed by atoms with E-state index in [0.717, 1.165) is 19.3 Å². The van der Waals surface area contributed by atoms with Gasteiger partial charge in [0.1, 0.15) is 0 Å². The van der Waals surface area contributed by atoms with Crippen LogP contribution in [-0.4, -0.2) is 14.9 Å². The maximum Gasteiger partial charge on any atom is 0.0783 e. The average Bonchev–Trinajstić information content (AvgIpc) is 2.64. The van der Waals surface area contributed by atoms with E-state index in [1.807, 2.05) is 24.4 Å². The molecule has 1 heterocycles. The van der Waals surface area contributed by atoms with E-state index in [9.17, 15) is 5.11 Å². The lowest BCUT2D eigenvalue weighted by Gasteiger charge is -2.12. The maximum absolute atomic E-state index is 9.73. The minimum absolute atomic E-state index is 0.519. The number of aliphatic hydroxyl groups excluding tert-OH is 1. The molecule has 0 saturated carbocycles. The van der Waals surface area contributed by atoms with Crippen LogP contribution < -0.4 is 0 Å². The Balaban J connectivity index is 2.56. The van der Waals surface area contributed by atoms with Gasteiger partial charge in [-0.2, -0.15) is 5.10 Å². The summed E-state index contributed by atoms with van der Waals surface area (Å²) in [7, 11) is 0. The first-order valence-electron chi connectivity index (χ1n) is 4.76. The number of rotatable bonds is 2. The van der Waals surface area contributed by atoms with Gasteiger partial charge in [-0.15, -0.1) is 0 Å². The summed E-state index contributed by atoms with van der Waals surface area (Å²) in [6.45, 7) is 1.75. The highest BCUT2D eigenvalue weighted by molar-refractivity contribution is 14.1. The van der Waals surface area contributed by atoms with Crippen molar-refractivity contribution in [3.8, 4) is 5.69 Å². The van der Waals surface area contributed by atoms with Crippen LogP contribution in [0.4, 0.5) is 0 Å². The number of aromatic nitrogens is 2. The number of hydrogen-bond acceptors (Lipinski definition) is 2. The summed E-state index contributed by atoms with van der Waals surface area (Å²) in [6, 6.07) is 5.79. The Hall–Kier alpha value is -0.400. The van der Waals surface area contributed by atoms with Crippen LogP contribution in [0, 0.1) is 3.57 Å². The molecule has 0 amide bonds. The van der Waals surface area contributed by atoms with Gasteiger partial charge < -0.3 is 5.11 Å². The first-order valence-corrected chi connectivity index (χ1v) is 6.63. The number of aliphatic hydroxyl groups is 1. The Morgan fingerprint density at radius 3 is 2.81 bits per heavy atom. The molecule has 1 unspecified atom stereocenters. The summed E-state index contributed by atoms with van der Waals surface area (Å²) in [4.78, 5) is 0. The van der Waals surface area contributed by atoms with Gasteiger partial charge in [0.15, 0.2) is 0 Å². The largest absolute Gasteiger partial charge is 0.389 e. The molecule has 0 aliphatic heterocycles. The molecule has 1 atom stereocenters. The fourth-order valence-corrected chi connectivity index (χ4v) is 2.27. The number of nitrogens with zero attached hydrogens (tertiary/aromatic N) is 2. The van der Waals surface area contributed by atoms with Gasteiger partial charge in [0.25, 0.3) is 0 Å². The Morgan fingerprint density at radius 1 is 1.50 bits per heavy atom. The van der Waals surface area contributed by atoms with Gasteiger partial charge >= 0.3 is 0 Å². The smallest absolute Gasteiger partial charge is 0.0783 e. The van der Waals surface area contributed by atoms with Crippen molar-refractivity contribution >= 4 is 38.5 Å². The van der Waals surface area contributed by atoms with Crippen molar-refractivity contribution in [2.45, 2.75) is 13.0 Å². The second-order valence-electron chi connectivity index (χ2n) is 3.48. The van der Waals surface area contributed by atoms with E-state index in [4.69, 9.17) is 0 Å². The fourth-order valence-electron chi connectivity index (χ4n) is 1.50. The highest BCUT2D eigenvalue weighted by Crippen LogP contribution is 2.25. The van der Waals surface area contributed by atoms with Gasteiger partial charge in [-0.25, -0.2) is 4.68 Å². The molecule has 0 radical (unpaired) electrons. The Kier molecular flexibility index (Phi) is 3.66. The molecule has 84 valence electrons. The maximum atomic E-state index is 9.73. The van der Waals surface area contributed by atoms with Crippen molar-refractivity contribution in [1.82, 2.24) is 9.78 Å². The summed E-state index contributed by atoms with van der Waals surface area (Å²) in [5, 5.41) is 14.0. The van der Waals surface area contributed by atoms with Crippen LogP contribution >= 0.6 is 38.5 Å². The predicted octanol–water partition coefficient (Wildman–Crippen LogP) is 3.29. The zero-order chi connectivity index (χ0) is 11.7. The van der Waals surface area contributed by atoms with E-state index in [1.165, 1.54) is 0 Å². The van der Waals surface area contributed by atoms with Crippen LogP contribution in [0.1, 0.15) is 18.6 Å². The topological polar surface area (TPSA) is 38.0 Å². The number of benzene rings is 1. The molecular formula is C11H10BrIN2O. The van der Waals surface area contributed by atoms with E-state index in [2.05, 4.69) is 43.6 Å². The predicted molar refractivity (Wildman–Crippen MR) is 74.6 cm³/mol. The SMILES string of the molecule is CC(O)c1cc(Br)ccc1-n1cc(I)cn1. The third-order valence-electron chi connectivity index (χ3n) is 2.24. The molecule has 0 spiro atoms. The van der Waals surface area contributed by atoms with Crippen molar-refractivity contribution in [2.75, 3.05) is 0 Å². The van der Waals surface area contributed by atoms with Crippen LogP contribution in [0.15, 0.2) is 35.1 Å². The highest BCUT2D eigenvalue weighted by Gasteiger charge is 2.10. The molecule has 0 fully saturated rings. The minimum atomic E-state index is -0.519. The van der Waals surface area contributed by atoms with E-state index in [-0.39, 0.29) is 0 Å². The van der Waals surface area contributed by atoms with E-state index in [0.29, 0.717) is 0 Å². The van der Waals surface area contributed by atoms with Crippen LogP contribution in [0.25, 0.3) is 5.69 Å². The minimum Gasteiger partial charge on any atom is -0.389 e. The number of hydrogen-bond donors (Lipinski definition) is 1. The summed E-state index contributed by atoms with van der Waals surface area (Å²) < 4.78 is 3.79. The monoisotopic (exact) mass is 392 g/mol. The molecular weight excluding hydrogens is 383 g/mol. The van der Waals surface area contributed by atoms with Crippen molar-refractivity contribution in [1.29, 1.82) is 0 Å². The molecule has 0 aliphatic carbocycles. The van der Waals surface area contributed by atoms with Crippen LogP contribution in [-0.2, 0) is 0 Å². The van der Waals surface area contributed by atoms with Gasteiger partial charge in [-0.05, 0) is 47.7 Å². The molecule has 0 saturated heterocycles. The van der Waals surface area contributed by atoms with Crippen molar-refractivity contribution in [2.24, 2.45) is 0 Å². The highest BCUT2D eigenvalue weighted by atomic mass is 127. The van der Waals surface area contributed by atoms with Gasteiger partial charge in [0.05, 0.1) is 21.6 Å².